The minimum Gasteiger partial charge on any atom is -0.508 e. The van der Waals surface area contributed by atoms with Gasteiger partial charge in [-0.2, -0.15) is 0 Å². The Bertz CT molecular complexity index is 2410. The summed E-state index contributed by atoms with van der Waals surface area (Å²) in [6.07, 6.45) is 0. The molecular formula is C44H47B2BrO10. The number of phenols is 1. The molecule has 0 bridgehead atoms. The summed E-state index contributed by atoms with van der Waals surface area (Å²) in [5.74, 6) is 0.744. The van der Waals surface area contributed by atoms with Crippen LogP contribution in [0, 0.1) is 0 Å². The number of ether oxygens (including phenoxy) is 1. The van der Waals surface area contributed by atoms with Crippen molar-refractivity contribution in [3.05, 3.63) is 141 Å². The van der Waals surface area contributed by atoms with Gasteiger partial charge < -0.3 is 37.3 Å². The number of hydrogen-bond acceptors (Lipinski definition) is 10. The molecule has 6 aromatic rings. The van der Waals surface area contributed by atoms with Gasteiger partial charge in [0.1, 0.15) is 29.3 Å². The third kappa shape index (κ3) is 9.91. The molecule has 4 heterocycles. The van der Waals surface area contributed by atoms with Crippen molar-refractivity contribution in [2.24, 2.45) is 0 Å². The summed E-state index contributed by atoms with van der Waals surface area (Å²) in [5, 5.41) is 11.6. The summed E-state index contributed by atoms with van der Waals surface area (Å²) < 4.78 is 40.0. The van der Waals surface area contributed by atoms with Crippen LogP contribution >= 0.6 is 15.9 Å². The first-order valence-corrected chi connectivity index (χ1v) is 19.8. The molecule has 0 amide bonds. The van der Waals surface area contributed by atoms with Crippen LogP contribution in [0.1, 0.15) is 66.5 Å². The molecular weight excluding hydrogens is 790 g/mol. The lowest BCUT2D eigenvalue weighted by atomic mass is 9.79. The Morgan fingerprint density at radius 3 is 1.40 bits per heavy atom. The largest absolute Gasteiger partial charge is 0.508 e. The van der Waals surface area contributed by atoms with Gasteiger partial charge in [-0.3, -0.25) is 0 Å². The van der Waals surface area contributed by atoms with Crippen LogP contribution in [0.15, 0.2) is 128 Å². The van der Waals surface area contributed by atoms with Crippen LogP contribution in [0.4, 0.5) is 0 Å². The molecule has 2 aliphatic rings. The van der Waals surface area contributed by atoms with Crippen LogP contribution in [0.25, 0.3) is 21.9 Å². The topological polar surface area (TPSA) is 127 Å². The Balaban J connectivity index is 0.000000160. The zero-order valence-electron chi connectivity index (χ0n) is 33.5. The summed E-state index contributed by atoms with van der Waals surface area (Å²) in [5.41, 5.74) is 3.22. The van der Waals surface area contributed by atoms with Crippen molar-refractivity contribution in [2.75, 3.05) is 0 Å². The van der Waals surface area contributed by atoms with E-state index in [1.165, 1.54) is 23.8 Å². The highest BCUT2D eigenvalue weighted by atomic mass is 79.9. The second-order valence-electron chi connectivity index (χ2n) is 16.0. The highest BCUT2D eigenvalue weighted by Crippen LogP contribution is 2.37. The second kappa shape index (κ2) is 16.7. The number of fused-ring (bicyclic) bond motifs is 2. The minimum atomic E-state index is -0.409. The molecule has 296 valence electrons. The molecule has 2 fully saturated rings. The van der Waals surface area contributed by atoms with Crippen LogP contribution in [0.5, 0.6) is 11.5 Å². The van der Waals surface area contributed by atoms with Gasteiger partial charge in [-0.15, -0.1) is 0 Å². The standard InChI is InChI=1S/C22H23BO5.C13H18BBrO2.C9H6O3/c1-21(2)22(3,4)28-23(27-21)17-9-5-15(6-10-17)14-25-18-11-7-16-8-12-20(24)26-19(16)13-18;1-12(2)13(3,4)17-14(16-12)11-7-5-10(9-15)6-8-11;10-7-3-1-6-2-4-9(11)12-8(6)5-7/h5-13H,14H2,1-4H3;5-8H,9H2,1-4H3;1-5,10H. The first-order valence-electron chi connectivity index (χ1n) is 18.7. The van der Waals surface area contributed by atoms with E-state index in [0.29, 0.717) is 23.5 Å². The lowest BCUT2D eigenvalue weighted by Crippen LogP contribution is -2.41. The molecule has 0 saturated carbocycles. The molecule has 8 rings (SSSR count). The Hall–Kier alpha value is -4.65. The third-order valence-electron chi connectivity index (χ3n) is 10.8. The molecule has 0 aliphatic carbocycles. The molecule has 57 heavy (non-hydrogen) atoms. The fourth-order valence-corrected chi connectivity index (χ4v) is 6.21. The molecule has 13 heteroatoms. The number of aromatic hydroxyl groups is 1. The molecule has 4 aromatic carbocycles. The van der Waals surface area contributed by atoms with Crippen LogP contribution < -0.4 is 26.9 Å². The monoisotopic (exact) mass is 836 g/mol. The average molecular weight is 837 g/mol. The average Bonchev–Trinajstić information content (AvgIpc) is 3.53. The summed E-state index contributed by atoms with van der Waals surface area (Å²) in [7, 11) is -0.632. The van der Waals surface area contributed by atoms with Crippen molar-refractivity contribution in [1.82, 2.24) is 0 Å². The van der Waals surface area contributed by atoms with Crippen molar-refractivity contribution in [3.63, 3.8) is 0 Å². The SMILES string of the molecule is CC1(C)OB(c2ccc(CBr)cc2)OC1(C)C.CC1(C)OB(c2ccc(COc3ccc4ccc(=O)oc4c3)cc2)OC1(C)C.O=c1ccc2ccc(O)cc2o1. The van der Waals surface area contributed by atoms with Crippen LogP contribution in [-0.4, -0.2) is 41.7 Å². The summed E-state index contributed by atoms with van der Waals surface area (Å²) in [6, 6.07) is 32.6. The third-order valence-corrected chi connectivity index (χ3v) is 11.4. The Kier molecular flexibility index (Phi) is 12.3. The van der Waals surface area contributed by atoms with Crippen molar-refractivity contribution < 1.29 is 37.3 Å². The molecule has 0 spiro atoms. The predicted molar refractivity (Wildman–Crippen MR) is 228 cm³/mol. The van der Waals surface area contributed by atoms with E-state index < -0.39 is 5.63 Å². The highest BCUT2D eigenvalue weighted by Gasteiger charge is 2.52. The van der Waals surface area contributed by atoms with Gasteiger partial charge in [0, 0.05) is 40.4 Å². The summed E-state index contributed by atoms with van der Waals surface area (Å²) in [6.45, 7) is 16.9. The van der Waals surface area contributed by atoms with E-state index in [0.717, 1.165) is 32.6 Å². The smallest absolute Gasteiger partial charge is 0.494 e. The van der Waals surface area contributed by atoms with Gasteiger partial charge in [0.2, 0.25) is 0 Å². The van der Waals surface area contributed by atoms with Gasteiger partial charge in [0.05, 0.1) is 22.4 Å². The van der Waals surface area contributed by atoms with E-state index >= 15 is 0 Å². The van der Waals surface area contributed by atoms with Crippen molar-refractivity contribution in [3.8, 4) is 11.5 Å². The Morgan fingerprint density at radius 1 is 0.544 bits per heavy atom. The lowest BCUT2D eigenvalue weighted by molar-refractivity contribution is 0.00578. The molecule has 0 unspecified atom stereocenters. The van der Waals surface area contributed by atoms with E-state index in [1.54, 1.807) is 30.3 Å². The van der Waals surface area contributed by atoms with Crippen LogP contribution in [-0.2, 0) is 30.6 Å². The molecule has 0 atom stereocenters. The fraction of sp³-hybridized carbons (Fsp3) is 0.318. The molecule has 2 saturated heterocycles. The Morgan fingerprint density at radius 2 is 0.947 bits per heavy atom. The van der Waals surface area contributed by atoms with Gasteiger partial charge >= 0.3 is 25.5 Å². The second-order valence-corrected chi connectivity index (χ2v) is 16.6. The predicted octanol–water partition coefficient (Wildman–Crippen LogP) is 8.05. The highest BCUT2D eigenvalue weighted by molar-refractivity contribution is 9.08. The summed E-state index contributed by atoms with van der Waals surface area (Å²) >= 11 is 3.44. The maximum atomic E-state index is 11.4. The van der Waals surface area contributed by atoms with E-state index in [1.807, 2.05) is 64.1 Å². The van der Waals surface area contributed by atoms with Gasteiger partial charge in [-0.1, -0.05) is 64.5 Å². The van der Waals surface area contributed by atoms with E-state index in [4.69, 9.17) is 37.3 Å². The number of rotatable bonds is 6. The van der Waals surface area contributed by atoms with Crippen LogP contribution in [0.3, 0.4) is 0 Å². The normalized spacial score (nSPS) is 17.4. The number of hydrogen-bond donors (Lipinski definition) is 1. The fourth-order valence-electron chi connectivity index (χ4n) is 5.84. The lowest BCUT2D eigenvalue weighted by Gasteiger charge is -2.32. The quantitative estimate of drug-likeness (QED) is 0.100. The molecule has 2 aliphatic heterocycles. The minimum absolute atomic E-state index is 0.0943. The first kappa shape index (κ1) is 42.0. The van der Waals surface area contributed by atoms with E-state index in [2.05, 4.69) is 67.9 Å². The molecule has 1 N–H and O–H groups in total. The van der Waals surface area contributed by atoms with Gasteiger partial charge in [0.25, 0.3) is 0 Å². The number of alkyl halides is 1. The molecule has 10 nitrogen and oxygen atoms in total. The maximum Gasteiger partial charge on any atom is 0.494 e. The van der Waals surface area contributed by atoms with Crippen LogP contribution in [0.2, 0.25) is 0 Å². The van der Waals surface area contributed by atoms with Gasteiger partial charge in [-0.05, 0) is 114 Å². The first-order chi connectivity index (χ1) is 26.8. The van der Waals surface area contributed by atoms with Crippen molar-refractivity contribution in [1.29, 1.82) is 0 Å². The number of benzene rings is 4. The summed E-state index contributed by atoms with van der Waals surface area (Å²) in [4.78, 5) is 22.1. The van der Waals surface area contributed by atoms with Gasteiger partial charge in [0.15, 0.2) is 0 Å². The molecule has 0 radical (unpaired) electrons. The van der Waals surface area contributed by atoms with Crippen molar-refractivity contribution in [2.45, 2.75) is 89.7 Å². The molecule has 2 aromatic heterocycles. The van der Waals surface area contributed by atoms with E-state index in [9.17, 15) is 9.59 Å². The zero-order valence-corrected chi connectivity index (χ0v) is 35.0. The number of halogens is 1. The zero-order chi connectivity index (χ0) is 41.2. The maximum absolute atomic E-state index is 11.4. The Labute approximate surface area is 341 Å². The van der Waals surface area contributed by atoms with E-state index in [-0.39, 0.29) is 48.0 Å². The van der Waals surface area contributed by atoms with Crippen molar-refractivity contribution >= 4 is 63.0 Å². The van der Waals surface area contributed by atoms with Gasteiger partial charge in [-0.25, -0.2) is 9.59 Å². The number of phenolic OH excluding ortho intramolecular Hbond substituents is 1.